The number of piperidine rings is 1. The third-order valence-electron chi connectivity index (χ3n) is 5.36. The molecule has 1 N–H and O–H groups in total. The molecular weight excluding hydrogens is 356 g/mol. The lowest BCUT2D eigenvalue weighted by molar-refractivity contribution is 0.160. The van der Waals surface area contributed by atoms with Crippen LogP contribution in [0.15, 0.2) is 30.5 Å². The Hall–Kier alpha value is -2.61. The number of ether oxygens (including phenoxy) is 1. The number of carbonyl (C=O) groups is 1. The van der Waals surface area contributed by atoms with Crippen LogP contribution < -0.4 is 10.1 Å². The summed E-state index contributed by atoms with van der Waals surface area (Å²) in [5.74, 6) is 0.791. The summed E-state index contributed by atoms with van der Waals surface area (Å²) in [5.41, 5.74) is 1.60. The number of likely N-dealkylation sites (tertiary alicyclic amines) is 1. The van der Waals surface area contributed by atoms with Gasteiger partial charge in [-0.25, -0.2) is 9.48 Å². The van der Waals surface area contributed by atoms with Crippen molar-refractivity contribution in [2.75, 3.05) is 34.3 Å². The molecule has 1 saturated heterocycles. The van der Waals surface area contributed by atoms with Crippen molar-refractivity contribution in [1.29, 1.82) is 0 Å². The zero-order chi connectivity index (χ0) is 19.9. The molecule has 1 aliphatic rings. The van der Waals surface area contributed by atoms with Crippen molar-refractivity contribution in [1.82, 2.24) is 30.1 Å². The van der Waals surface area contributed by atoms with Gasteiger partial charge in [0.2, 0.25) is 0 Å². The Morgan fingerprint density at radius 3 is 2.82 bits per heavy atom. The number of aromatic nitrogens is 3. The lowest BCUT2D eigenvalue weighted by Gasteiger charge is -2.33. The average Bonchev–Trinajstić information content (AvgIpc) is 3.20. The number of amides is 2. The van der Waals surface area contributed by atoms with Gasteiger partial charge in [-0.15, -0.1) is 5.10 Å². The quantitative estimate of drug-likeness (QED) is 0.790. The Kier molecular flexibility index (Phi) is 6.86. The van der Waals surface area contributed by atoms with E-state index < -0.39 is 0 Å². The van der Waals surface area contributed by atoms with Crippen LogP contribution in [0.5, 0.6) is 5.75 Å². The monoisotopic (exact) mass is 386 g/mol. The highest BCUT2D eigenvalue weighted by Crippen LogP contribution is 2.18. The summed E-state index contributed by atoms with van der Waals surface area (Å²) in [5, 5.41) is 11.2. The summed E-state index contributed by atoms with van der Waals surface area (Å²) >= 11 is 0. The van der Waals surface area contributed by atoms with Crippen LogP contribution in [0.4, 0.5) is 4.79 Å². The van der Waals surface area contributed by atoms with Gasteiger partial charge >= 0.3 is 6.03 Å². The van der Waals surface area contributed by atoms with E-state index in [0.29, 0.717) is 18.3 Å². The molecule has 2 aromatic rings. The van der Waals surface area contributed by atoms with Crippen LogP contribution in [0.3, 0.4) is 0 Å². The van der Waals surface area contributed by atoms with Crippen LogP contribution in [0.2, 0.25) is 0 Å². The first kappa shape index (κ1) is 20.1. The fraction of sp³-hybridized carbons (Fsp3) is 0.550. The topological polar surface area (TPSA) is 75.5 Å². The highest BCUT2D eigenvalue weighted by atomic mass is 16.5. The lowest BCUT2D eigenvalue weighted by Crippen LogP contribution is -2.42. The zero-order valence-electron chi connectivity index (χ0n) is 17.0. The highest BCUT2D eigenvalue weighted by molar-refractivity contribution is 5.73. The molecule has 1 aromatic carbocycles. The van der Waals surface area contributed by atoms with Crippen molar-refractivity contribution in [3.8, 4) is 11.4 Å². The number of nitrogens with zero attached hydrogens (tertiary/aromatic N) is 5. The number of rotatable bonds is 7. The van der Waals surface area contributed by atoms with Crippen molar-refractivity contribution in [3.63, 3.8) is 0 Å². The minimum absolute atomic E-state index is 0.0857. The SMILES string of the molecule is COc1ccc(-n2cc(CNC(=O)N(C)CCC3CCCCN3C)nn2)cc1. The van der Waals surface area contributed by atoms with Gasteiger partial charge < -0.3 is 19.9 Å². The number of benzene rings is 1. The minimum atomic E-state index is -0.0857. The van der Waals surface area contributed by atoms with E-state index >= 15 is 0 Å². The molecule has 28 heavy (non-hydrogen) atoms. The molecule has 0 aliphatic carbocycles. The van der Waals surface area contributed by atoms with Crippen LogP contribution >= 0.6 is 0 Å². The largest absolute Gasteiger partial charge is 0.497 e. The van der Waals surface area contributed by atoms with E-state index in [1.54, 1.807) is 16.7 Å². The molecule has 3 rings (SSSR count). The summed E-state index contributed by atoms with van der Waals surface area (Å²) in [6.07, 6.45) is 6.61. The third-order valence-corrected chi connectivity index (χ3v) is 5.36. The third kappa shape index (κ3) is 5.22. The predicted molar refractivity (Wildman–Crippen MR) is 108 cm³/mol. The van der Waals surface area contributed by atoms with Gasteiger partial charge in [0.25, 0.3) is 0 Å². The molecule has 1 atom stereocenters. The molecule has 0 bridgehead atoms. The van der Waals surface area contributed by atoms with E-state index in [-0.39, 0.29) is 6.03 Å². The van der Waals surface area contributed by atoms with Crippen molar-refractivity contribution in [2.24, 2.45) is 0 Å². The van der Waals surface area contributed by atoms with Gasteiger partial charge in [-0.3, -0.25) is 0 Å². The molecular formula is C20H30N6O2. The fourth-order valence-corrected chi connectivity index (χ4v) is 3.49. The molecule has 2 amide bonds. The molecule has 0 saturated carbocycles. The second-order valence-electron chi connectivity index (χ2n) is 7.35. The maximum absolute atomic E-state index is 12.4. The van der Waals surface area contributed by atoms with Gasteiger partial charge in [0.15, 0.2) is 0 Å². The normalized spacial score (nSPS) is 17.3. The van der Waals surface area contributed by atoms with Gasteiger partial charge in [0, 0.05) is 19.6 Å². The lowest BCUT2D eigenvalue weighted by atomic mass is 10.00. The summed E-state index contributed by atoms with van der Waals surface area (Å²) < 4.78 is 6.85. The number of hydrogen-bond donors (Lipinski definition) is 1. The maximum atomic E-state index is 12.4. The Bertz CT molecular complexity index is 760. The number of nitrogens with one attached hydrogen (secondary N) is 1. The Morgan fingerprint density at radius 2 is 2.11 bits per heavy atom. The van der Waals surface area contributed by atoms with Crippen molar-refractivity contribution >= 4 is 6.03 Å². The van der Waals surface area contributed by atoms with Crippen molar-refractivity contribution < 1.29 is 9.53 Å². The van der Waals surface area contributed by atoms with Crippen LogP contribution in [0.1, 0.15) is 31.4 Å². The van der Waals surface area contributed by atoms with E-state index in [1.807, 2.05) is 37.5 Å². The molecule has 0 spiro atoms. The van der Waals surface area contributed by atoms with Crippen molar-refractivity contribution in [2.45, 2.75) is 38.3 Å². The maximum Gasteiger partial charge on any atom is 0.317 e. The van der Waals surface area contributed by atoms with Gasteiger partial charge in [0.1, 0.15) is 11.4 Å². The Balaban J connectivity index is 1.45. The van der Waals surface area contributed by atoms with Gasteiger partial charge in [-0.2, -0.15) is 0 Å². The molecule has 8 nitrogen and oxygen atoms in total. The molecule has 1 fully saturated rings. The molecule has 1 aliphatic heterocycles. The van der Waals surface area contributed by atoms with Gasteiger partial charge in [-0.1, -0.05) is 11.6 Å². The van der Waals surface area contributed by atoms with Crippen molar-refractivity contribution in [3.05, 3.63) is 36.2 Å². The second-order valence-corrected chi connectivity index (χ2v) is 7.35. The smallest absolute Gasteiger partial charge is 0.317 e. The van der Waals surface area contributed by atoms with Crippen LogP contribution in [-0.4, -0.2) is 71.2 Å². The number of hydrogen-bond acceptors (Lipinski definition) is 5. The molecule has 1 aromatic heterocycles. The summed E-state index contributed by atoms with van der Waals surface area (Å²) in [7, 11) is 5.65. The average molecular weight is 387 g/mol. The first-order valence-electron chi connectivity index (χ1n) is 9.81. The molecule has 152 valence electrons. The van der Waals surface area contributed by atoms with E-state index in [2.05, 4.69) is 27.6 Å². The fourth-order valence-electron chi connectivity index (χ4n) is 3.49. The predicted octanol–water partition coefficient (Wildman–Crippen LogP) is 2.29. The second kappa shape index (κ2) is 9.54. The minimum Gasteiger partial charge on any atom is -0.497 e. The van der Waals surface area contributed by atoms with E-state index in [9.17, 15) is 4.79 Å². The first-order chi connectivity index (χ1) is 13.6. The van der Waals surface area contributed by atoms with E-state index in [4.69, 9.17) is 4.74 Å². The van der Waals surface area contributed by atoms with E-state index in [0.717, 1.165) is 30.9 Å². The molecule has 1 unspecified atom stereocenters. The van der Waals surface area contributed by atoms with Crippen LogP contribution in [0, 0.1) is 0 Å². The van der Waals surface area contributed by atoms with Gasteiger partial charge in [0.05, 0.1) is 25.5 Å². The summed E-state index contributed by atoms with van der Waals surface area (Å²) in [6.45, 7) is 2.26. The Morgan fingerprint density at radius 1 is 1.32 bits per heavy atom. The van der Waals surface area contributed by atoms with E-state index in [1.165, 1.54) is 19.3 Å². The molecule has 2 heterocycles. The molecule has 0 radical (unpaired) electrons. The van der Waals surface area contributed by atoms with Gasteiger partial charge in [-0.05, 0) is 57.1 Å². The number of urea groups is 1. The zero-order valence-corrected chi connectivity index (χ0v) is 17.0. The summed E-state index contributed by atoms with van der Waals surface area (Å²) in [4.78, 5) is 16.5. The standard InChI is InChI=1S/C20H30N6O2/c1-24-12-5-4-6-17(24)11-13-25(2)20(27)21-14-16-15-26(23-22-16)18-7-9-19(28-3)10-8-18/h7-10,15,17H,4-6,11-14H2,1-3H3,(H,21,27). The van der Waals surface area contributed by atoms with Crippen LogP contribution in [-0.2, 0) is 6.54 Å². The highest BCUT2D eigenvalue weighted by Gasteiger charge is 2.20. The number of carbonyl (C=O) groups excluding carboxylic acids is 1. The van der Waals surface area contributed by atoms with Crippen LogP contribution in [0.25, 0.3) is 5.69 Å². The number of methoxy groups -OCH3 is 1. The summed E-state index contributed by atoms with van der Waals surface area (Å²) in [6, 6.07) is 8.05. The first-order valence-corrected chi connectivity index (χ1v) is 9.81. The Labute approximate surface area is 166 Å². The molecule has 8 heteroatoms.